The number of H-pyrrole nitrogens is 1. The fraction of sp³-hybridized carbons (Fsp3) is 0.464. The van der Waals surface area contributed by atoms with Crippen LogP contribution in [0.3, 0.4) is 0 Å². The average Bonchev–Trinajstić information content (AvgIpc) is 3.28. The quantitative estimate of drug-likeness (QED) is 0.577. The molecule has 4 aliphatic rings. The van der Waals surface area contributed by atoms with E-state index >= 15 is 0 Å². The molecule has 186 valence electrons. The standard InChI is InChI=1S/C28H31N5O3/c34-27-23-21-7-4-19-17-29-26(31-24(19)25(21)30-22(23)16-28(32-27)8-1-9-28)18-2-5-20(6-3-18)36-15-12-33-10-13-35-14-11-33/h2-3,5-6,17,30H,1,4,7-16H2,(H,32,34). The zero-order chi connectivity index (χ0) is 24.1. The number of rotatable bonds is 5. The Bertz CT molecular complexity index is 1310. The molecule has 1 spiro atoms. The number of amides is 1. The lowest BCUT2D eigenvalue weighted by molar-refractivity contribution is 0.0322. The lowest BCUT2D eigenvalue weighted by Crippen LogP contribution is -2.57. The van der Waals surface area contributed by atoms with Crippen LogP contribution in [-0.4, -0.2) is 70.8 Å². The molecule has 2 aliphatic heterocycles. The van der Waals surface area contributed by atoms with Crippen LogP contribution in [0.15, 0.2) is 30.5 Å². The van der Waals surface area contributed by atoms with Crippen molar-refractivity contribution in [2.75, 3.05) is 39.5 Å². The molecule has 2 N–H and O–H groups in total. The van der Waals surface area contributed by atoms with Crippen LogP contribution in [0.2, 0.25) is 0 Å². The normalized spacial score (nSPS) is 20.2. The molecule has 7 rings (SSSR count). The Balaban J connectivity index is 1.11. The van der Waals surface area contributed by atoms with Crippen molar-refractivity contribution in [3.63, 3.8) is 0 Å². The summed E-state index contributed by atoms with van der Waals surface area (Å²) in [7, 11) is 0. The van der Waals surface area contributed by atoms with E-state index in [1.165, 1.54) is 6.42 Å². The highest BCUT2D eigenvalue weighted by Gasteiger charge is 2.45. The van der Waals surface area contributed by atoms with Crippen LogP contribution in [0.1, 0.15) is 46.4 Å². The van der Waals surface area contributed by atoms with E-state index in [2.05, 4.69) is 20.2 Å². The van der Waals surface area contributed by atoms with Crippen LogP contribution >= 0.6 is 0 Å². The van der Waals surface area contributed by atoms with Crippen molar-refractivity contribution in [2.45, 2.75) is 44.1 Å². The number of fused-ring (bicyclic) bond motifs is 5. The lowest BCUT2D eigenvalue weighted by atomic mass is 9.71. The van der Waals surface area contributed by atoms with Gasteiger partial charge >= 0.3 is 0 Å². The van der Waals surface area contributed by atoms with E-state index in [1.807, 2.05) is 30.5 Å². The minimum atomic E-state index is -0.0385. The van der Waals surface area contributed by atoms with Gasteiger partial charge in [0.25, 0.3) is 5.91 Å². The van der Waals surface area contributed by atoms with Gasteiger partial charge in [-0.1, -0.05) is 0 Å². The number of morpholine rings is 1. The number of aromatic amines is 1. The van der Waals surface area contributed by atoms with Gasteiger partial charge in [0.05, 0.1) is 30.2 Å². The summed E-state index contributed by atoms with van der Waals surface area (Å²) >= 11 is 0. The summed E-state index contributed by atoms with van der Waals surface area (Å²) in [5, 5.41) is 3.31. The van der Waals surface area contributed by atoms with Gasteiger partial charge < -0.3 is 19.8 Å². The molecule has 1 amide bonds. The third-order valence-corrected chi connectivity index (χ3v) is 8.25. The number of ether oxygens (including phenoxy) is 2. The highest BCUT2D eigenvalue weighted by atomic mass is 16.5. The van der Waals surface area contributed by atoms with Gasteiger partial charge in [-0.3, -0.25) is 9.69 Å². The van der Waals surface area contributed by atoms with Gasteiger partial charge in [0.15, 0.2) is 5.82 Å². The predicted molar refractivity (Wildman–Crippen MR) is 135 cm³/mol. The predicted octanol–water partition coefficient (Wildman–Crippen LogP) is 3.16. The molecule has 0 atom stereocenters. The molecule has 0 radical (unpaired) electrons. The van der Waals surface area contributed by atoms with Crippen LogP contribution in [0.4, 0.5) is 0 Å². The number of nitrogens with one attached hydrogen (secondary N) is 2. The first-order valence-corrected chi connectivity index (χ1v) is 13.1. The molecular weight excluding hydrogens is 454 g/mol. The largest absolute Gasteiger partial charge is 0.492 e. The third kappa shape index (κ3) is 3.79. The van der Waals surface area contributed by atoms with Gasteiger partial charge in [-0.2, -0.15) is 0 Å². The number of aromatic nitrogens is 3. The second-order valence-corrected chi connectivity index (χ2v) is 10.5. The van der Waals surface area contributed by atoms with Crippen molar-refractivity contribution in [3.8, 4) is 28.5 Å². The minimum absolute atomic E-state index is 0.0385. The van der Waals surface area contributed by atoms with E-state index in [0.29, 0.717) is 12.4 Å². The van der Waals surface area contributed by atoms with Gasteiger partial charge in [0.2, 0.25) is 0 Å². The first-order chi connectivity index (χ1) is 17.7. The van der Waals surface area contributed by atoms with Crippen LogP contribution < -0.4 is 10.1 Å². The van der Waals surface area contributed by atoms with Crippen LogP contribution in [-0.2, 0) is 24.0 Å². The number of carbonyl (C=O) groups excluding carboxylic acids is 1. The Labute approximate surface area is 210 Å². The number of carbonyl (C=O) groups is 1. The monoisotopic (exact) mass is 485 g/mol. The highest BCUT2D eigenvalue weighted by molar-refractivity contribution is 6.01. The number of aryl methyl sites for hydroxylation is 1. The van der Waals surface area contributed by atoms with E-state index in [-0.39, 0.29) is 11.4 Å². The Morgan fingerprint density at radius 2 is 1.94 bits per heavy atom. The summed E-state index contributed by atoms with van der Waals surface area (Å²) < 4.78 is 11.4. The molecule has 1 aromatic carbocycles. The smallest absolute Gasteiger partial charge is 0.253 e. The maximum absolute atomic E-state index is 13.0. The SMILES string of the molecule is O=C1NC2(CCC2)Cc2[nH]c3c(c21)CCc1cnc(-c2ccc(OCCN4CCOCC4)cc2)nc1-3. The van der Waals surface area contributed by atoms with E-state index < -0.39 is 0 Å². The van der Waals surface area contributed by atoms with Gasteiger partial charge in [-0.15, -0.1) is 0 Å². The highest BCUT2D eigenvalue weighted by Crippen LogP contribution is 2.43. The van der Waals surface area contributed by atoms with Gasteiger partial charge in [0.1, 0.15) is 12.4 Å². The minimum Gasteiger partial charge on any atom is -0.492 e. The van der Waals surface area contributed by atoms with Crippen LogP contribution in [0, 0.1) is 0 Å². The molecule has 2 aromatic heterocycles. The summed E-state index contributed by atoms with van der Waals surface area (Å²) in [4.78, 5) is 28.7. The average molecular weight is 486 g/mol. The summed E-state index contributed by atoms with van der Waals surface area (Å²) in [5.41, 5.74) is 7.01. The molecule has 3 aromatic rings. The summed E-state index contributed by atoms with van der Waals surface area (Å²) in [5.74, 6) is 1.62. The molecule has 0 bridgehead atoms. The number of benzene rings is 1. The zero-order valence-electron chi connectivity index (χ0n) is 20.4. The van der Waals surface area contributed by atoms with Crippen molar-refractivity contribution in [3.05, 3.63) is 52.8 Å². The van der Waals surface area contributed by atoms with E-state index in [0.717, 1.165) is 110 Å². The van der Waals surface area contributed by atoms with Crippen molar-refractivity contribution < 1.29 is 14.3 Å². The van der Waals surface area contributed by atoms with Crippen molar-refractivity contribution >= 4 is 5.91 Å². The molecule has 2 aliphatic carbocycles. The molecule has 8 heteroatoms. The topological polar surface area (TPSA) is 92.4 Å². The number of hydrogen-bond donors (Lipinski definition) is 2. The number of hydrogen-bond acceptors (Lipinski definition) is 6. The van der Waals surface area contributed by atoms with E-state index in [9.17, 15) is 4.79 Å². The second kappa shape index (κ2) is 8.71. The van der Waals surface area contributed by atoms with E-state index in [1.54, 1.807) is 0 Å². The van der Waals surface area contributed by atoms with E-state index in [4.69, 9.17) is 14.5 Å². The first kappa shape index (κ1) is 22.0. The van der Waals surface area contributed by atoms with Crippen LogP contribution in [0.5, 0.6) is 5.75 Å². The molecule has 2 fully saturated rings. The van der Waals surface area contributed by atoms with Gasteiger partial charge in [0, 0.05) is 49.0 Å². The Morgan fingerprint density at radius 1 is 1.11 bits per heavy atom. The second-order valence-electron chi connectivity index (χ2n) is 10.5. The molecule has 1 saturated heterocycles. The van der Waals surface area contributed by atoms with Gasteiger partial charge in [-0.25, -0.2) is 9.97 Å². The van der Waals surface area contributed by atoms with Gasteiger partial charge in [-0.05, 0) is 67.5 Å². The molecule has 1 saturated carbocycles. The lowest BCUT2D eigenvalue weighted by Gasteiger charge is -2.45. The third-order valence-electron chi connectivity index (χ3n) is 8.25. The Hall–Kier alpha value is -3.23. The summed E-state index contributed by atoms with van der Waals surface area (Å²) in [6.07, 6.45) is 7.85. The fourth-order valence-corrected chi connectivity index (χ4v) is 6.07. The summed E-state index contributed by atoms with van der Waals surface area (Å²) in [6, 6.07) is 8.00. The molecule has 36 heavy (non-hydrogen) atoms. The molecule has 4 heterocycles. The van der Waals surface area contributed by atoms with Crippen molar-refractivity contribution in [1.29, 1.82) is 0 Å². The van der Waals surface area contributed by atoms with Crippen molar-refractivity contribution in [1.82, 2.24) is 25.2 Å². The Morgan fingerprint density at radius 3 is 2.72 bits per heavy atom. The Kier molecular flexibility index (Phi) is 5.32. The molecule has 0 unspecified atom stereocenters. The fourth-order valence-electron chi connectivity index (χ4n) is 6.07. The number of nitrogens with zero attached hydrogens (tertiary/aromatic N) is 3. The van der Waals surface area contributed by atoms with Crippen LogP contribution in [0.25, 0.3) is 22.8 Å². The molecule has 8 nitrogen and oxygen atoms in total. The molecular formula is C28H31N5O3. The maximum atomic E-state index is 13.0. The summed E-state index contributed by atoms with van der Waals surface area (Å²) in [6.45, 7) is 5.10. The first-order valence-electron chi connectivity index (χ1n) is 13.1. The zero-order valence-corrected chi connectivity index (χ0v) is 20.4. The maximum Gasteiger partial charge on any atom is 0.253 e. The van der Waals surface area contributed by atoms with Crippen molar-refractivity contribution in [2.24, 2.45) is 0 Å².